The molecule has 1 atom stereocenters. The number of imide groups is 1. The van der Waals surface area contributed by atoms with Crippen molar-refractivity contribution < 1.29 is 19.3 Å². The number of nitro benzene ring substituents is 1. The number of likely N-dealkylation sites (N-methyl/N-ethyl adjacent to an activating group) is 1. The minimum Gasteiger partial charge on any atom is -0.339 e. The first-order chi connectivity index (χ1) is 13.6. The Morgan fingerprint density at radius 1 is 1.28 bits per heavy atom. The number of hydrogen-bond donors (Lipinski definition) is 1. The van der Waals surface area contributed by atoms with Crippen LogP contribution in [0.3, 0.4) is 0 Å². The minimum absolute atomic E-state index is 0.128. The van der Waals surface area contributed by atoms with Crippen LogP contribution in [0.4, 0.5) is 10.5 Å². The third-order valence-corrected chi connectivity index (χ3v) is 5.89. The van der Waals surface area contributed by atoms with Gasteiger partial charge in [0.1, 0.15) is 12.1 Å². The van der Waals surface area contributed by atoms with Crippen molar-refractivity contribution in [2.45, 2.75) is 19.0 Å². The first kappa shape index (κ1) is 20.7. The summed E-state index contributed by atoms with van der Waals surface area (Å²) in [7, 11) is 1.57. The summed E-state index contributed by atoms with van der Waals surface area (Å²) in [6.45, 7) is 1.39. The van der Waals surface area contributed by atoms with Crippen LogP contribution in [-0.2, 0) is 21.7 Å². The molecule has 0 spiro atoms. The summed E-state index contributed by atoms with van der Waals surface area (Å²) in [5, 5.41) is 13.4. The van der Waals surface area contributed by atoms with Gasteiger partial charge in [-0.1, -0.05) is 11.6 Å². The van der Waals surface area contributed by atoms with E-state index in [2.05, 4.69) is 5.32 Å². The Bertz CT molecular complexity index is 992. The molecular formula is C18H17ClN4O5S. The van der Waals surface area contributed by atoms with E-state index >= 15 is 0 Å². The number of thiophene rings is 1. The van der Waals surface area contributed by atoms with Gasteiger partial charge < -0.3 is 10.2 Å². The Labute approximate surface area is 175 Å². The second kappa shape index (κ2) is 7.80. The van der Waals surface area contributed by atoms with Crippen LogP contribution in [0.25, 0.3) is 0 Å². The smallest absolute Gasteiger partial charge is 0.325 e. The van der Waals surface area contributed by atoms with E-state index in [9.17, 15) is 24.5 Å². The standard InChI is InChI=1S/C18H17ClN4O5S/c1-18(11-3-5-12(6-4-11)23(27)28)16(25)22(17(26)20-18)10-15(24)21(2)9-13-7-8-14(19)29-13/h3-8H,9-10H2,1-2H3,(H,20,26). The fourth-order valence-corrected chi connectivity index (χ4v) is 4.11. The van der Waals surface area contributed by atoms with Crippen LogP contribution >= 0.6 is 22.9 Å². The highest BCUT2D eigenvalue weighted by Gasteiger charge is 2.49. The first-order valence-electron chi connectivity index (χ1n) is 8.49. The summed E-state index contributed by atoms with van der Waals surface area (Å²) in [6.07, 6.45) is 0. The van der Waals surface area contributed by atoms with Gasteiger partial charge in [-0.2, -0.15) is 0 Å². The molecule has 1 unspecified atom stereocenters. The molecule has 152 valence electrons. The first-order valence-corrected chi connectivity index (χ1v) is 9.68. The van der Waals surface area contributed by atoms with Crippen molar-refractivity contribution in [1.82, 2.24) is 15.1 Å². The second-order valence-electron chi connectivity index (χ2n) is 6.71. The number of non-ortho nitro benzene ring substituents is 1. The number of benzene rings is 1. The van der Waals surface area contributed by atoms with Gasteiger partial charge in [0.05, 0.1) is 15.8 Å². The van der Waals surface area contributed by atoms with Gasteiger partial charge in [-0.25, -0.2) is 4.79 Å². The van der Waals surface area contributed by atoms with Crippen molar-refractivity contribution in [2.75, 3.05) is 13.6 Å². The molecule has 1 aromatic carbocycles. The van der Waals surface area contributed by atoms with Crippen LogP contribution in [-0.4, -0.2) is 46.2 Å². The zero-order chi connectivity index (χ0) is 21.3. The van der Waals surface area contributed by atoms with Gasteiger partial charge in [-0.3, -0.25) is 24.6 Å². The Morgan fingerprint density at radius 2 is 1.93 bits per heavy atom. The number of urea groups is 1. The molecule has 1 fully saturated rings. The van der Waals surface area contributed by atoms with E-state index < -0.39 is 34.9 Å². The number of carbonyl (C=O) groups excluding carboxylic acids is 3. The molecule has 4 amide bonds. The quantitative estimate of drug-likeness (QED) is 0.425. The zero-order valence-corrected chi connectivity index (χ0v) is 17.1. The van der Waals surface area contributed by atoms with E-state index in [-0.39, 0.29) is 5.69 Å². The van der Waals surface area contributed by atoms with Gasteiger partial charge in [-0.15, -0.1) is 11.3 Å². The van der Waals surface area contributed by atoms with Crippen molar-refractivity contribution in [3.05, 3.63) is 61.3 Å². The van der Waals surface area contributed by atoms with E-state index in [0.717, 1.165) is 9.78 Å². The maximum absolute atomic E-state index is 12.9. The molecule has 0 radical (unpaired) electrons. The van der Waals surface area contributed by atoms with Crippen molar-refractivity contribution in [3.8, 4) is 0 Å². The SMILES string of the molecule is CN(Cc1ccc(Cl)s1)C(=O)CN1C(=O)NC(C)(c2ccc([N+](=O)[O-])cc2)C1=O. The van der Waals surface area contributed by atoms with E-state index in [1.807, 2.05) is 0 Å². The number of halogens is 1. The van der Waals surface area contributed by atoms with Gasteiger partial charge in [0.2, 0.25) is 5.91 Å². The van der Waals surface area contributed by atoms with E-state index in [1.54, 1.807) is 19.2 Å². The highest BCUT2D eigenvalue weighted by Crippen LogP contribution is 2.30. The van der Waals surface area contributed by atoms with Crippen molar-refractivity contribution in [2.24, 2.45) is 0 Å². The summed E-state index contributed by atoms with van der Waals surface area (Å²) in [5.41, 5.74) is -1.15. The summed E-state index contributed by atoms with van der Waals surface area (Å²) >= 11 is 7.23. The minimum atomic E-state index is -1.41. The molecule has 0 saturated carbocycles. The number of nitro groups is 1. The van der Waals surface area contributed by atoms with Crippen LogP contribution < -0.4 is 5.32 Å². The molecule has 1 aliphatic rings. The number of carbonyl (C=O) groups is 3. The number of hydrogen-bond acceptors (Lipinski definition) is 6. The van der Waals surface area contributed by atoms with Crippen LogP contribution in [0.1, 0.15) is 17.4 Å². The fourth-order valence-electron chi connectivity index (χ4n) is 2.97. The lowest BCUT2D eigenvalue weighted by Gasteiger charge is -2.23. The Balaban J connectivity index is 1.72. The maximum Gasteiger partial charge on any atom is 0.325 e. The molecule has 3 rings (SSSR count). The highest BCUT2D eigenvalue weighted by molar-refractivity contribution is 7.16. The lowest BCUT2D eigenvalue weighted by molar-refractivity contribution is -0.384. The van der Waals surface area contributed by atoms with Gasteiger partial charge >= 0.3 is 6.03 Å². The van der Waals surface area contributed by atoms with Gasteiger partial charge in [0.25, 0.3) is 11.6 Å². The predicted molar refractivity (Wildman–Crippen MR) is 106 cm³/mol. The highest BCUT2D eigenvalue weighted by atomic mass is 35.5. The maximum atomic E-state index is 12.9. The Hall–Kier alpha value is -2.98. The van der Waals surface area contributed by atoms with Crippen LogP contribution in [0.15, 0.2) is 36.4 Å². The molecule has 11 heteroatoms. The molecule has 29 heavy (non-hydrogen) atoms. The summed E-state index contributed by atoms with van der Waals surface area (Å²) in [6, 6.07) is 8.17. The fraction of sp³-hybridized carbons (Fsp3) is 0.278. The average molecular weight is 437 g/mol. The molecule has 2 heterocycles. The van der Waals surface area contributed by atoms with Crippen molar-refractivity contribution in [1.29, 1.82) is 0 Å². The van der Waals surface area contributed by atoms with E-state index in [0.29, 0.717) is 16.4 Å². The number of nitrogens with one attached hydrogen (secondary N) is 1. The summed E-state index contributed by atoms with van der Waals surface area (Å²) in [5.74, 6) is -1.01. The predicted octanol–water partition coefficient (Wildman–Crippen LogP) is 2.74. The molecular weight excluding hydrogens is 420 g/mol. The molecule has 0 bridgehead atoms. The normalized spacial score (nSPS) is 18.7. The van der Waals surface area contributed by atoms with Crippen LogP contribution in [0.5, 0.6) is 0 Å². The summed E-state index contributed by atoms with van der Waals surface area (Å²) < 4.78 is 0.605. The molecule has 2 aromatic rings. The van der Waals surface area contributed by atoms with E-state index in [4.69, 9.17) is 11.6 Å². The lowest BCUT2D eigenvalue weighted by Crippen LogP contribution is -2.43. The number of rotatable bonds is 6. The van der Waals surface area contributed by atoms with Gasteiger partial charge in [0.15, 0.2) is 0 Å². The third-order valence-electron chi connectivity index (χ3n) is 4.67. The van der Waals surface area contributed by atoms with Crippen LogP contribution in [0.2, 0.25) is 4.34 Å². The number of amides is 4. The monoisotopic (exact) mass is 436 g/mol. The molecule has 1 aliphatic heterocycles. The van der Waals surface area contributed by atoms with Crippen molar-refractivity contribution in [3.63, 3.8) is 0 Å². The number of nitrogens with zero attached hydrogens (tertiary/aromatic N) is 3. The Kier molecular flexibility index (Phi) is 5.58. The molecule has 1 aromatic heterocycles. The van der Waals surface area contributed by atoms with E-state index in [1.165, 1.54) is 47.4 Å². The topological polar surface area (TPSA) is 113 Å². The molecule has 9 nitrogen and oxygen atoms in total. The third kappa shape index (κ3) is 4.08. The van der Waals surface area contributed by atoms with Crippen LogP contribution in [0, 0.1) is 10.1 Å². The second-order valence-corrected chi connectivity index (χ2v) is 8.51. The molecule has 1 saturated heterocycles. The lowest BCUT2D eigenvalue weighted by atomic mass is 9.92. The molecule has 0 aliphatic carbocycles. The summed E-state index contributed by atoms with van der Waals surface area (Å²) in [4.78, 5) is 51.2. The van der Waals surface area contributed by atoms with Gasteiger partial charge in [0, 0.05) is 24.1 Å². The zero-order valence-electron chi connectivity index (χ0n) is 15.5. The van der Waals surface area contributed by atoms with Crippen molar-refractivity contribution >= 4 is 46.5 Å². The largest absolute Gasteiger partial charge is 0.339 e. The average Bonchev–Trinajstić information content (AvgIpc) is 3.18. The molecule has 1 N–H and O–H groups in total. The van der Waals surface area contributed by atoms with Gasteiger partial charge in [-0.05, 0) is 36.8 Å². The Morgan fingerprint density at radius 3 is 2.48 bits per heavy atom.